The Bertz CT molecular complexity index is 579. The van der Waals surface area contributed by atoms with Gasteiger partial charge in [-0.2, -0.15) is 0 Å². The van der Waals surface area contributed by atoms with Crippen LogP contribution in [0.3, 0.4) is 0 Å². The summed E-state index contributed by atoms with van der Waals surface area (Å²) in [5, 5.41) is 5.92. The number of aryl methyl sites for hydroxylation is 1. The lowest BCUT2D eigenvalue weighted by Crippen LogP contribution is -2.45. The van der Waals surface area contributed by atoms with Crippen LogP contribution in [0, 0.1) is 12.8 Å². The predicted octanol–water partition coefficient (Wildman–Crippen LogP) is 2.05. The molecule has 1 aliphatic heterocycles. The Morgan fingerprint density at radius 3 is 2.79 bits per heavy atom. The van der Waals surface area contributed by atoms with Crippen LogP contribution in [0.1, 0.15) is 38.3 Å². The summed E-state index contributed by atoms with van der Waals surface area (Å²) in [6.45, 7) is 6.87. The van der Waals surface area contributed by atoms with Gasteiger partial charge >= 0.3 is 6.03 Å². The number of hydrogen-bond acceptors (Lipinski definition) is 3. The van der Waals surface area contributed by atoms with Gasteiger partial charge in [0.05, 0.1) is 0 Å². The van der Waals surface area contributed by atoms with E-state index in [1.54, 1.807) is 16.7 Å². The maximum Gasteiger partial charge on any atom is 0.315 e. The molecule has 0 radical (unpaired) electrons. The molecule has 1 aliphatic rings. The highest BCUT2D eigenvalue weighted by Crippen LogP contribution is 2.18. The molecule has 0 unspecified atom stereocenters. The molecular weight excluding hydrogens is 306 g/mol. The van der Waals surface area contributed by atoms with Gasteiger partial charge in [0.25, 0.3) is 5.56 Å². The standard InChI is InChI=1S/C18H29N3O3/c1-14-6-5-7-17(22)21(14)11-4-3-10-19-18(23)20-15(2)16-8-12-24-13-9-16/h5-7,15-16H,3-4,8-13H2,1-2H3,(H2,19,20,23)/t15-/m1/s1. The third-order valence-electron chi connectivity index (χ3n) is 4.69. The van der Waals surface area contributed by atoms with E-state index >= 15 is 0 Å². The Hall–Kier alpha value is -1.82. The number of nitrogens with one attached hydrogen (secondary N) is 2. The van der Waals surface area contributed by atoms with Crippen molar-refractivity contribution in [2.45, 2.75) is 52.1 Å². The summed E-state index contributed by atoms with van der Waals surface area (Å²) in [5.41, 5.74) is 1.00. The lowest BCUT2D eigenvalue weighted by molar-refractivity contribution is 0.0571. The Balaban J connectivity index is 1.61. The zero-order chi connectivity index (χ0) is 17.4. The van der Waals surface area contributed by atoms with Crippen molar-refractivity contribution in [1.82, 2.24) is 15.2 Å². The average molecular weight is 335 g/mol. The molecule has 6 nitrogen and oxygen atoms in total. The number of aromatic nitrogens is 1. The van der Waals surface area contributed by atoms with E-state index in [4.69, 9.17) is 4.74 Å². The van der Waals surface area contributed by atoms with Crippen molar-refractivity contribution in [1.29, 1.82) is 0 Å². The molecule has 6 heteroatoms. The van der Waals surface area contributed by atoms with Crippen LogP contribution in [0.2, 0.25) is 0 Å². The predicted molar refractivity (Wildman–Crippen MR) is 94.2 cm³/mol. The number of unbranched alkanes of at least 4 members (excludes halogenated alkanes) is 1. The zero-order valence-corrected chi connectivity index (χ0v) is 14.7. The zero-order valence-electron chi connectivity index (χ0n) is 14.7. The number of nitrogens with zero attached hydrogens (tertiary/aromatic N) is 1. The first kappa shape index (κ1) is 18.5. The van der Waals surface area contributed by atoms with Gasteiger partial charge in [0.1, 0.15) is 0 Å². The monoisotopic (exact) mass is 335 g/mol. The fraction of sp³-hybridized carbons (Fsp3) is 0.667. The van der Waals surface area contributed by atoms with Gasteiger partial charge in [-0.05, 0) is 51.5 Å². The van der Waals surface area contributed by atoms with E-state index in [1.165, 1.54) is 0 Å². The normalized spacial score (nSPS) is 16.6. The minimum Gasteiger partial charge on any atom is -0.381 e. The van der Waals surface area contributed by atoms with Gasteiger partial charge in [0.15, 0.2) is 0 Å². The lowest BCUT2D eigenvalue weighted by atomic mass is 9.93. The van der Waals surface area contributed by atoms with Crippen molar-refractivity contribution in [2.75, 3.05) is 19.8 Å². The summed E-state index contributed by atoms with van der Waals surface area (Å²) in [7, 11) is 0. The number of ether oxygens (including phenoxy) is 1. The van der Waals surface area contributed by atoms with E-state index in [0.717, 1.165) is 44.6 Å². The van der Waals surface area contributed by atoms with E-state index < -0.39 is 0 Å². The van der Waals surface area contributed by atoms with E-state index in [1.807, 2.05) is 13.0 Å². The van der Waals surface area contributed by atoms with Gasteiger partial charge in [-0.3, -0.25) is 4.79 Å². The minimum atomic E-state index is -0.109. The molecule has 0 spiro atoms. The molecule has 134 valence electrons. The second-order valence-corrected chi connectivity index (χ2v) is 6.50. The van der Waals surface area contributed by atoms with Gasteiger partial charge in [-0.15, -0.1) is 0 Å². The SMILES string of the molecule is Cc1cccc(=O)n1CCCCNC(=O)N[C@H](C)C1CCOCC1. The number of rotatable bonds is 7. The first-order valence-electron chi connectivity index (χ1n) is 8.86. The van der Waals surface area contributed by atoms with Gasteiger partial charge in [0.2, 0.25) is 0 Å². The molecule has 1 fully saturated rings. The molecule has 24 heavy (non-hydrogen) atoms. The highest BCUT2D eigenvalue weighted by molar-refractivity contribution is 5.74. The van der Waals surface area contributed by atoms with Gasteiger partial charge in [-0.25, -0.2) is 4.79 Å². The summed E-state index contributed by atoms with van der Waals surface area (Å²) in [4.78, 5) is 23.7. The second-order valence-electron chi connectivity index (χ2n) is 6.50. The summed E-state index contributed by atoms with van der Waals surface area (Å²) in [6.07, 6.45) is 3.72. The molecule has 2 N–H and O–H groups in total. The topological polar surface area (TPSA) is 72.4 Å². The highest BCUT2D eigenvalue weighted by Gasteiger charge is 2.21. The maximum absolute atomic E-state index is 11.9. The van der Waals surface area contributed by atoms with Crippen molar-refractivity contribution < 1.29 is 9.53 Å². The van der Waals surface area contributed by atoms with E-state index in [0.29, 0.717) is 19.0 Å². The number of hydrogen-bond donors (Lipinski definition) is 2. The van der Waals surface area contributed by atoms with Crippen LogP contribution in [0.4, 0.5) is 4.79 Å². The molecule has 0 saturated carbocycles. The van der Waals surface area contributed by atoms with Crippen molar-refractivity contribution in [3.05, 3.63) is 34.2 Å². The Kier molecular flexibility index (Phi) is 7.31. The summed E-state index contributed by atoms with van der Waals surface area (Å²) in [6, 6.07) is 5.35. The Labute approximate surface area is 143 Å². The number of carbonyl (C=O) groups is 1. The van der Waals surface area contributed by atoms with Crippen LogP contribution in [0.15, 0.2) is 23.0 Å². The molecule has 1 aromatic heterocycles. The van der Waals surface area contributed by atoms with Crippen molar-refractivity contribution in [3.8, 4) is 0 Å². The third kappa shape index (κ3) is 5.67. The van der Waals surface area contributed by atoms with Crippen molar-refractivity contribution in [2.24, 2.45) is 5.92 Å². The average Bonchev–Trinajstić information content (AvgIpc) is 2.57. The number of urea groups is 1. The number of amides is 2. The summed E-state index contributed by atoms with van der Waals surface area (Å²) < 4.78 is 7.12. The number of pyridine rings is 1. The first-order chi connectivity index (χ1) is 11.6. The molecule has 2 rings (SSSR count). The molecule has 1 aromatic rings. The fourth-order valence-corrected chi connectivity index (χ4v) is 3.10. The van der Waals surface area contributed by atoms with Gasteiger partial charge < -0.3 is 19.9 Å². The minimum absolute atomic E-state index is 0.0333. The molecule has 1 atom stereocenters. The van der Waals surface area contributed by atoms with Crippen LogP contribution in [-0.2, 0) is 11.3 Å². The smallest absolute Gasteiger partial charge is 0.315 e. The molecule has 0 aliphatic carbocycles. The van der Waals surface area contributed by atoms with Crippen LogP contribution >= 0.6 is 0 Å². The molecule has 1 saturated heterocycles. The van der Waals surface area contributed by atoms with Gasteiger partial charge in [0, 0.05) is 44.1 Å². The van der Waals surface area contributed by atoms with Crippen LogP contribution < -0.4 is 16.2 Å². The Morgan fingerprint density at radius 1 is 1.33 bits per heavy atom. The second kappa shape index (κ2) is 9.47. The van der Waals surface area contributed by atoms with E-state index in [-0.39, 0.29) is 17.6 Å². The van der Waals surface area contributed by atoms with Crippen molar-refractivity contribution >= 4 is 6.03 Å². The molecular formula is C18H29N3O3. The maximum atomic E-state index is 11.9. The Morgan fingerprint density at radius 2 is 2.08 bits per heavy atom. The van der Waals surface area contributed by atoms with Gasteiger partial charge in [-0.1, -0.05) is 6.07 Å². The molecule has 2 amide bonds. The summed E-state index contributed by atoms with van der Waals surface area (Å²) in [5.74, 6) is 0.498. The van der Waals surface area contributed by atoms with E-state index in [9.17, 15) is 9.59 Å². The fourth-order valence-electron chi connectivity index (χ4n) is 3.10. The van der Waals surface area contributed by atoms with Crippen molar-refractivity contribution in [3.63, 3.8) is 0 Å². The largest absolute Gasteiger partial charge is 0.381 e. The first-order valence-corrected chi connectivity index (χ1v) is 8.86. The molecule has 2 heterocycles. The number of carbonyl (C=O) groups excluding carboxylic acids is 1. The van der Waals surface area contributed by atoms with E-state index in [2.05, 4.69) is 17.6 Å². The summed E-state index contributed by atoms with van der Waals surface area (Å²) >= 11 is 0. The lowest BCUT2D eigenvalue weighted by Gasteiger charge is -2.28. The molecule has 0 aromatic carbocycles. The third-order valence-corrected chi connectivity index (χ3v) is 4.69. The van der Waals surface area contributed by atoms with Crippen LogP contribution in [0.5, 0.6) is 0 Å². The van der Waals surface area contributed by atoms with Crippen LogP contribution in [-0.4, -0.2) is 36.4 Å². The van der Waals surface area contributed by atoms with Crippen LogP contribution in [0.25, 0.3) is 0 Å². The quantitative estimate of drug-likeness (QED) is 0.749. The highest BCUT2D eigenvalue weighted by atomic mass is 16.5. The molecule has 0 bridgehead atoms.